The monoisotopic (exact) mass is 429 g/mol. The second-order valence-electron chi connectivity index (χ2n) is 9.01. The molecule has 0 aromatic heterocycles. The summed E-state index contributed by atoms with van der Waals surface area (Å²) in [6.45, 7) is 19.0. The number of morpholine rings is 1. The Morgan fingerprint density at radius 1 is 1.17 bits per heavy atom. The third-order valence-corrected chi connectivity index (χ3v) is 5.18. The van der Waals surface area contributed by atoms with Gasteiger partial charge in [0.1, 0.15) is 11.6 Å². The molecule has 8 nitrogen and oxygen atoms in total. The highest BCUT2D eigenvalue weighted by Gasteiger charge is 2.32. The Bertz CT molecular complexity index is 517. The molecular weight excluding hydrogens is 386 g/mol. The summed E-state index contributed by atoms with van der Waals surface area (Å²) in [6.07, 6.45) is 0.125. The summed E-state index contributed by atoms with van der Waals surface area (Å²) in [5.74, 6) is -0.103. The summed E-state index contributed by atoms with van der Waals surface area (Å²) in [4.78, 5) is 30.0. The van der Waals surface area contributed by atoms with Gasteiger partial charge in [-0.05, 0) is 40.5 Å². The highest BCUT2D eigenvalue weighted by molar-refractivity contribution is 5.86. The van der Waals surface area contributed by atoms with Crippen LogP contribution in [0.5, 0.6) is 0 Å². The average molecular weight is 430 g/mol. The third kappa shape index (κ3) is 10.1. The number of hydrogen-bond donors (Lipinski definition) is 1. The van der Waals surface area contributed by atoms with Gasteiger partial charge in [0.15, 0.2) is 0 Å². The Morgan fingerprint density at radius 3 is 2.33 bits per heavy atom. The summed E-state index contributed by atoms with van der Waals surface area (Å²) in [6, 6.07) is -0.636. The molecule has 1 N–H and O–H groups in total. The van der Waals surface area contributed by atoms with E-state index < -0.39 is 17.7 Å². The fourth-order valence-corrected chi connectivity index (χ4v) is 3.34. The van der Waals surface area contributed by atoms with Crippen molar-refractivity contribution < 1.29 is 23.8 Å². The van der Waals surface area contributed by atoms with Gasteiger partial charge in [0, 0.05) is 39.3 Å². The predicted molar refractivity (Wildman–Crippen MR) is 118 cm³/mol. The fraction of sp³-hybridized carbons (Fsp3) is 0.909. The van der Waals surface area contributed by atoms with E-state index in [1.807, 2.05) is 53.4 Å². The molecule has 0 radical (unpaired) electrons. The molecule has 176 valence electrons. The minimum Gasteiger partial charge on any atom is -0.444 e. The largest absolute Gasteiger partial charge is 0.444 e. The molecule has 3 atom stereocenters. The summed E-state index contributed by atoms with van der Waals surface area (Å²) >= 11 is 0. The van der Waals surface area contributed by atoms with Gasteiger partial charge < -0.3 is 24.4 Å². The average Bonchev–Trinajstić information content (AvgIpc) is 2.67. The lowest BCUT2D eigenvalue weighted by Crippen LogP contribution is -2.55. The molecule has 1 rings (SSSR count). The SMILES string of the molecule is CCOC(C)CN(CCN1CCOCC1)C(=O)[C@@H](NC(=O)OC(C)(C)C)[C@@H](C)CC. The van der Waals surface area contributed by atoms with Crippen LogP contribution in [0, 0.1) is 5.92 Å². The van der Waals surface area contributed by atoms with E-state index in [4.69, 9.17) is 14.2 Å². The molecule has 0 aromatic rings. The van der Waals surface area contributed by atoms with E-state index in [1.54, 1.807) is 0 Å². The van der Waals surface area contributed by atoms with Crippen LogP contribution in [-0.4, -0.2) is 92.1 Å². The number of nitrogens with one attached hydrogen (secondary N) is 1. The van der Waals surface area contributed by atoms with Gasteiger partial charge in [-0.15, -0.1) is 0 Å². The van der Waals surface area contributed by atoms with Gasteiger partial charge in [0.25, 0.3) is 0 Å². The van der Waals surface area contributed by atoms with E-state index in [9.17, 15) is 9.59 Å². The van der Waals surface area contributed by atoms with Gasteiger partial charge >= 0.3 is 6.09 Å². The van der Waals surface area contributed by atoms with Gasteiger partial charge in [-0.2, -0.15) is 0 Å². The lowest BCUT2D eigenvalue weighted by Gasteiger charge is -2.35. The number of carbonyl (C=O) groups is 2. The molecule has 1 fully saturated rings. The molecule has 1 saturated heterocycles. The number of rotatable bonds is 11. The molecule has 0 bridgehead atoms. The number of carbonyl (C=O) groups excluding carboxylic acids is 2. The maximum atomic E-state index is 13.5. The van der Waals surface area contributed by atoms with E-state index in [2.05, 4.69) is 10.2 Å². The number of nitrogens with zero attached hydrogens (tertiary/aromatic N) is 2. The lowest BCUT2D eigenvalue weighted by molar-refractivity contribution is -0.137. The molecule has 0 aliphatic carbocycles. The zero-order valence-electron chi connectivity index (χ0n) is 20.0. The first-order valence-electron chi connectivity index (χ1n) is 11.3. The van der Waals surface area contributed by atoms with Crippen molar-refractivity contribution in [3.05, 3.63) is 0 Å². The number of amides is 2. The topological polar surface area (TPSA) is 80.3 Å². The van der Waals surface area contributed by atoms with Gasteiger partial charge in [-0.25, -0.2) is 4.79 Å². The molecule has 30 heavy (non-hydrogen) atoms. The van der Waals surface area contributed by atoms with Crippen molar-refractivity contribution in [1.29, 1.82) is 0 Å². The molecule has 0 aromatic carbocycles. The Hall–Kier alpha value is -1.38. The second-order valence-corrected chi connectivity index (χ2v) is 9.01. The van der Waals surface area contributed by atoms with Crippen LogP contribution < -0.4 is 5.32 Å². The minimum atomic E-state index is -0.636. The van der Waals surface area contributed by atoms with Crippen LogP contribution in [0.25, 0.3) is 0 Å². The standard InChI is InChI=1S/C22H43N3O5/c1-8-17(3)19(23-21(27)30-22(5,6)7)20(26)25(16-18(4)29-9-2)11-10-24-12-14-28-15-13-24/h17-19H,8-16H2,1-7H3,(H,23,27)/t17-,18?,19-/m0/s1. The lowest BCUT2D eigenvalue weighted by atomic mass is 9.97. The zero-order valence-corrected chi connectivity index (χ0v) is 20.0. The molecular formula is C22H43N3O5. The van der Waals surface area contributed by atoms with Crippen molar-refractivity contribution >= 4 is 12.0 Å². The Morgan fingerprint density at radius 2 is 1.80 bits per heavy atom. The van der Waals surface area contributed by atoms with Crippen molar-refractivity contribution in [2.75, 3.05) is 52.5 Å². The van der Waals surface area contributed by atoms with Crippen molar-refractivity contribution in [2.24, 2.45) is 5.92 Å². The van der Waals surface area contributed by atoms with Crippen LogP contribution in [0.15, 0.2) is 0 Å². The van der Waals surface area contributed by atoms with Crippen LogP contribution in [-0.2, 0) is 19.0 Å². The van der Waals surface area contributed by atoms with E-state index in [1.165, 1.54) is 0 Å². The van der Waals surface area contributed by atoms with E-state index in [0.29, 0.717) is 19.7 Å². The highest BCUT2D eigenvalue weighted by Crippen LogP contribution is 2.14. The summed E-state index contributed by atoms with van der Waals surface area (Å²) in [5, 5.41) is 2.82. The third-order valence-electron chi connectivity index (χ3n) is 5.18. The summed E-state index contributed by atoms with van der Waals surface area (Å²) in [5.41, 5.74) is -0.618. The summed E-state index contributed by atoms with van der Waals surface area (Å²) in [7, 11) is 0. The molecule has 0 saturated carbocycles. The van der Waals surface area contributed by atoms with Crippen molar-refractivity contribution in [2.45, 2.75) is 72.6 Å². The van der Waals surface area contributed by atoms with Crippen LogP contribution >= 0.6 is 0 Å². The van der Waals surface area contributed by atoms with Crippen molar-refractivity contribution in [1.82, 2.24) is 15.1 Å². The number of hydrogen-bond acceptors (Lipinski definition) is 6. The van der Waals surface area contributed by atoms with Crippen LogP contribution in [0.1, 0.15) is 54.9 Å². The van der Waals surface area contributed by atoms with Crippen molar-refractivity contribution in [3.63, 3.8) is 0 Å². The first kappa shape index (κ1) is 26.7. The number of ether oxygens (including phenoxy) is 3. The van der Waals surface area contributed by atoms with Crippen LogP contribution in [0.3, 0.4) is 0 Å². The highest BCUT2D eigenvalue weighted by atomic mass is 16.6. The van der Waals surface area contributed by atoms with Gasteiger partial charge in [-0.1, -0.05) is 20.3 Å². The molecule has 2 amide bonds. The molecule has 0 spiro atoms. The van der Waals surface area contributed by atoms with E-state index in [0.717, 1.165) is 39.3 Å². The van der Waals surface area contributed by atoms with Gasteiger partial charge in [0.2, 0.25) is 5.91 Å². The maximum Gasteiger partial charge on any atom is 0.408 e. The van der Waals surface area contributed by atoms with Gasteiger partial charge in [-0.3, -0.25) is 9.69 Å². The first-order valence-corrected chi connectivity index (χ1v) is 11.3. The Labute approximate surface area is 182 Å². The first-order chi connectivity index (χ1) is 14.1. The molecule has 1 unspecified atom stereocenters. The Balaban J connectivity index is 2.90. The summed E-state index contributed by atoms with van der Waals surface area (Å²) < 4.78 is 16.5. The molecule has 8 heteroatoms. The van der Waals surface area contributed by atoms with Crippen LogP contribution in [0.2, 0.25) is 0 Å². The fourth-order valence-electron chi connectivity index (χ4n) is 3.34. The van der Waals surface area contributed by atoms with Crippen molar-refractivity contribution in [3.8, 4) is 0 Å². The number of alkyl carbamates (subject to hydrolysis) is 1. The normalized spacial score (nSPS) is 18.4. The van der Waals surface area contributed by atoms with E-state index in [-0.39, 0.29) is 17.9 Å². The van der Waals surface area contributed by atoms with Gasteiger partial charge in [0.05, 0.1) is 19.3 Å². The minimum absolute atomic E-state index is 0.0155. The zero-order chi connectivity index (χ0) is 22.7. The molecule has 1 aliphatic rings. The van der Waals surface area contributed by atoms with E-state index >= 15 is 0 Å². The smallest absolute Gasteiger partial charge is 0.408 e. The second kappa shape index (κ2) is 13.1. The predicted octanol–water partition coefficient (Wildman–Crippen LogP) is 2.51. The van der Waals surface area contributed by atoms with Crippen LogP contribution in [0.4, 0.5) is 4.79 Å². The molecule has 1 aliphatic heterocycles. The Kier molecular flexibility index (Phi) is 11.7. The quantitative estimate of drug-likeness (QED) is 0.544. The molecule has 1 heterocycles. The maximum absolute atomic E-state index is 13.5.